The predicted octanol–water partition coefficient (Wildman–Crippen LogP) is 1.69. The standard InChI is InChI=1S/C11H13IN4O/c1-7(2)8-5-4-6-9(10(8)12)16-11(17)15(3)13-14-16/h4-7H,1-3H3. The lowest BCUT2D eigenvalue weighted by atomic mass is 10.0. The van der Waals surface area contributed by atoms with Crippen LogP contribution in [0.15, 0.2) is 23.0 Å². The molecule has 0 N–H and O–H groups in total. The fourth-order valence-electron chi connectivity index (χ4n) is 1.61. The smallest absolute Gasteiger partial charge is 0.244 e. The van der Waals surface area contributed by atoms with Gasteiger partial charge in [-0.25, -0.2) is 4.79 Å². The average Bonchev–Trinajstić information content (AvgIpc) is 2.60. The molecule has 1 heterocycles. The Bertz CT molecular complexity index is 600. The Balaban J connectivity index is 2.65. The third kappa shape index (κ3) is 2.13. The third-order valence-electron chi connectivity index (χ3n) is 2.58. The van der Waals surface area contributed by atoms with Crippen molar-refractivity contribution < 1.29 is 0 Å². The zero-order valence-electron chi connectivity index (χ0n) is 9.88. The molecule has 0 aliphatic heterocycles. The molecule has 0 fully saturated rings. The van der Waals surface area contributed by atoms with E-state index < -0.39 is 0 Å². The highest BCUT2D eigenvalue weighted by molar-refractivity contribution is 14.1. The lowest BCUT2D eigenvalue weighted by Gasteiger charge is -2.11. The summed E-state index contributed by atoms with van der Waals surface area (Å²) >= 11 is 2.25. The number of tetrazole rings is 1. The van der Waals surface area contributed by atoms with Crippen molar-refractivity contribution in [2.45, 2.75) is 19.8 Å². The van der Waals surface area contributed by atoms with E-state index in [1.807, 2.05) is 12.1 Å². The van der Waals surface area contributed by atoms with Gasteiger partial charge in [0.2, 0.25) is 0 Å². The number of benzene rings is 1. The highest BCUT2D eigenvalue weighted by Crippen LogP contribution is 2.25. The summed E-state index contributed by atoms with van der Waals surface area (Å²) in [4.78, 5) is 11.8. The van der Waals surface area contributed by atoms with E-state index in [1.165, 1.54) is 14.9 Å². The molecular weight excluding hydrogens is 331 g/mol. The summed E-state index contributed by atoms with van der Waals surface area (Å²) in [6, 6.07) is 5.88. The first kappa shape index (κ1) is 12.3. The van der Waals surface area contributed by atoms with Gasteiger partial charge in [-0.3, -0.25) is 0 Å². The van der Waals surface area contributed by atoms with Crippen LogP contribution < -0.4 is 5.69 Å². The minimum atomic E-state index is -0.233. The Morgan fingerprint density at radius 3 is 2.53 bits per heavy atom. The zero-order valence-corrected chi connectivity index (χ0v) is 12.0. The molecule has 5 nitrogen and oxygen atoms in total. The topological polar surface area (TPSA) is 52.7 Å². The van der Waals surface area contributed by atoms with Gasteiger partial charge in [0.15, 0.2) is 0 Å². The molecule has 0 aliphatic rings. The Morgan fingerprint density at radius 1 is 1.29 bits per heavy atom. The Kier molecular flexibility index (Phi) is 3.32. The first-order valence-corrected chi connectivity index (χ1v) is 6.38. The first-order chi connectivity index (χ1) is 8.02. The summed E-state index contributed by atoms with van der Waals surface area (Å²) in [7, 11) is 1.59. The van der Waals surface area contributed by atoms with E-state index in [1.54, 1.807) is 7.05 Å². The molecule has 0 aliphatic carbocycles. The summed E-state index contributed by atoms with van der Waals surface area (Å²) in [5, 5.41) is 7.58. The Morgan fingerprint density at radius 2 is 2.00 bits per heavy atom. The van der Waals surface area contributed by atoms with Gasteiger partial charge in [0.25, 0.3) is 0 Å². The number of hydrogen-bond donors (Lipinski definition) is 0. The average molecular weight is 344 g/mol. The summed E-state index contributed by atoms with van der Waals surface area (Å²) in [5.41, 5.74) is 1.76. The number of hydrogen-bond acceptors (Lipinski definition) is 3. The predicted molar refractivity (Wildman–Crippen MR) is 73.4 cm³/mol. The van der Waals surface area contributed by atoms with Crippen LogP contribution in [-0.2, 0) is 7.05 Å². The summed E-state index contributed by atoms with van der Waals surface area (Å²) in [6.45, 7) is 4.25. The molecule has 2 aromatic rings. The normalized spacial score (nSPS) is 11.1. The maximum atomic E-state index is 11.8. The van der Waals surface area contributed by atoms with E-state index in [-0.39, 0.29) is 5.69 Å². The van der Waals surface area contributed by atoms with Gasteiger partial charge < -0.3 is 0 Å². The second-order valence-electron chi connectivity index (χ2n) is 4.13. The second kappa shape index (κ2) is 4.59. The molecule has 6 heteroatoms. The lowest BCUT2D eigenvalue weighted by Crippen LogP contribution is -2.22. The maximum Gasteiger partial charge on any atom is 0.368 e. The number of halogens is 1. The van der Waals surface area contributed by atoms with Crippen LogP contribution >= 0.6 is 22.6 Å². The van der Waals surface area contributed by atoms with E-state index in [0.29, 0.717) is 5.92 Å². The molecule has 17 heavy (non-hydrogen) atoms. The van der Waals surface area contributed by atoms with Gasteiger partial charge in [0.1, 0.15) is 0 Å². The van der Waals surface area contributed by atoms with Gasteiger partial charge in [-0.05, 0) is 50.6 Å². The van der Waals surface area contributed by atoms with Crippen molar-refractivity contribution in [1.29, 1.82) is 0 Å². The van der Waals surface area contributed by atoms with E-state index >= 15 is 0 Å². The molecule has 0 spiro atoms. The minimum Gasteiger partial charge on any atom is -0.244 e. The summed E-state index contributed by atoms with van der Waals surface area (Å²) in [5.74, 6) is 0.411. The molecule has 2 rings (SSSR count). The molecule has 0 saturated heterocycles. The van der Waals surface area contributed by atoms with Crippen LogP contribution in [0.2, 0.25) is 0 Å². The highest BCUT2D eigenvalue weighted by atomic mass is 127. The molecule has 0 bridgehead atoms. The Labute approximate surface area is 113 Å². The van der Waals surface area contributed by atoms with Gasteiger partial charge in [-0.2, -0.15) is 9.36 Å². The van der Waals surface area contributed by atoms with Crippen molar-refractivity contribution in [3.05, 3.63) is 37.8 Å². The number of aryl methyl sites for hydroxylation is 1. The molecule has 0 unspecified atom stereocenters. The van der Waals surface area contributed by atoms with Crippen molar-refractivity contribution in [3.63, 3.8) is 0 Å². The molecule has 1 aromatic heterocycles. The molecular formula is C11H13IN4O. The van der Waals surface area contributed by atoms with Gasteiger partial charge in [0, 0.05) is 10.6 Å². The lowest BCUT2D eigenvalue weighted by molar-refractivity contribution is 0.692. The molecule has 0 radical (unpaired) electrons. The van der Waals surface area contributed by atoms with Crippen molar-refractivity contribution in [1.82, 2.24) is 19.8 Å². The SMILES string of the molecule is CC(C)c1cccc(-n2nnn(C)c2=O)c1I. The fraction of sp³-hybridized carbons (Fsp3) is 0.364. The van der Waals surface area contributed by atoms with E-state index in [9.17, 15) is 4.79 Å². The first-order valence-electron chi connectivity index (χ1n) is 5.30. The van der Waals surface area contributed by atoms with E-state index in [0.717, 1.165) is 9.26 Å². The van der Waals surface area contributed by atoms with Gasteiger partial charge >= 0.3 is 5.69 Å². The van der Waals surface area contributed by atoms with Crippen LogP contribution in [-0.4, -0.2) is 19.8 Å². The maximum absolute atomic E-state index is 11.8. The van der Waals surface area contributed by atoms with Crippen molar-refractivity contribution in [3.8, 4) is 5.69 Å². The van der Waals surface area contributed by atoms with Crippen LogP contribution in [0.4, 0.5) is 0 Å². The fourth-order valence-corrected chi connectivity index (χ4v) is 2.82. The van der Waals surface area contributed by atoms with Crippen molar-refractivity contribution >= 4 is 22.6 Å². The van der Waals surface area contributed by atoms with Crippen LogP contribution in [0.5, 0.6) is 0 Å². The molecule has 1 aromatic carbocycles. The zero-order chi connectivity index (χ0) is 12.6. The summed E-state index contributed by atoms with van der Waals surface area (Å²) in [6.07, 6.45) is 0. The van der Waals surface area contributed by atoms with Gasteiger partial charge in [-0.1, -0.05) is 26.0 Å². The van der Waals surface area contributed by atoms with Crippen LogP contribution in [0.1, 0.15) is 25.3 Å². The monoisotopic (exact) mass is 344 g/mol. The largest absolute Gasteiger partial charge is 0.368 e. The summed E-state index contributed by atoms with van der Waals surface area (Å²) < 4.78 is 3.59. The van der Waals surface area contributed by atoms with Gasteiger partial charge in [-0.15, -0.1) is 0 Å². The number of aromatic nitrogens is 4. The molecule has 0 saturated carbocycles. The van der Waals surface area contributed by atoms with Crippen molar-refractivity contribution in [2.24, 2.45) is 7.05 Å². The third-order valence-corrected chi connectivity index (χ3v) is 3.76. The van der Waals surface area contributed by atoms with Crippen molar-refractivity contribution in [2.75, 3.05) is 0 Å². The van der Waals surface area contributed by atoms with Crippen LogP contribution in [0.3, 0.4) is 0 Å². The van der Waals surface area contributed by atoms with Crippen LogP contribution in [0.25, 0.3) is 5.69 Å². The molecule has 0 atom stereocenters. The number of nitrogens with zero attached hydrogens (tertiary/aromatic N) is 4. The van der Waals surface area contributed by atoms with E-state index in [2.05, 4.69) is 52.9 Å². The highest BCUT2D eigenvalue weighted by Gasteiger charge is 2.13. The second-order valence-corrected chi connectivity index (χ2v) is 5.21. The van der Waals surface area contributed by atoms with Crippen LogP contribution in [0, 0.1) is 3.57 Å². The van der Waals surface area contributed by atoms with Gasteiger partial charge in [0.05, 0.1) is 5.69 Å². The van der Waals surface area contributed by atoms with E-state index in [4.69, 9.17) is 0 Å². The number of rotatable bonds is 2. The quantitative estimate of drug-likeness (QED) is 0.780. The molecule has 0 amide bonds. The molecule has 90 valence electrons. The minimum absolute atomic E-state index is 0.233. The Hall–Kier alpha value is -1.18.